The number of ether oxygens (including phenoxy) is 2. The number of aliphatic carboxylic acids is 1. The van der Waals surface area contributed by atoms with E-state index in [4.69, 9.17) is 14.6 Å². The topological polar surface area (TPSA) is 117 Å². The van der Waals surface area contributed by atoms with Crippen molar-refractivity contribution in [2.75, 3.05) is 17.2 Å². The highest BCUT2D eigenvalue weighted by molar-refractivity contribution is 5.99. The Morgan fingerprint density at radius 3 is 2.55 bits per heavy atom. The number of fused-ring (bicyclic) bond motifs is 3. The largest absolute Gasteiger partial charge is 0.487 e. The maximum Gasteiger partial charge on any atom is 0.323 e. The molecular weight excluding hydrogens is 376 g/mol. The molecule has 0 radical (unpaired) electrons. The van der Waals surface area contributed by atoms with Crippen molar-refractivity contribution in [1.82, 2.24) is 0 Å². The second-order valence-electron chi connectivity index (χ2n) is 7.20. The van der Waals surface area contributed by atoms with Gasteiger partial charge in [-0.05, 0) is 36.8 Å². The maximum atomic E-state index is 12.3. The van der Waals surface area contributed by atoms with Crippen molar-refractivity contribution in [2.24, 2.45) is 0 Å². The van der Waals surface area contributed by atoms with Crippen LogP contribution in [0, 0.1) is 0 Å². The van der Waals surface area contributed by atoms with Gasteiger partial charge in [-0.1, -0.05) is 18.2 Å². The predicted molar refractivity (Wildman–Crippen MR) is 105 cm³/mol. The minimum absolute atomic E-state index is 0.112. The molecule has 29 heavy (non-hydrogen) atoms. The summed E-state index contributed by atoms with van der Waals surface area (Å²) in [5.74, 6) is -0.400. The quantitative estimate of drug-likeness (QED) is 0.615. The molecule has 4 N–H and O–H groups in total. The van der Waals surface area contributed by atoms with Gasteiger partial charge in [0.2, 0.25) is 0 Å². The summed E-state index contributed by atoms with van der Waals surface area (Å²) in [6.07, 6.45) is -1.14. The number of hydrogen-bond donors (Lipinski definition) is 4. The van der Waals surface area contributed by atoms with Crippen molar-refractivity contribution in [2.45, 2.75) is 37.1 Å². The maximum absolute atomic E-state index is 12.3. The third-order valence-corrected chi connectivity index (χ3v) is 5.19. The molecule has 2 aromatic rings. The van der Waals surface area contributed by atoms with Crippen LogP contribution in [0.4, 0.5) is 16.2 Å². The first-order chi connectivity index (χ1) is 14.0. The number of amides is 2. The molecule has 8 nitrogen and oxygen atoms in total. The van der Waals surface area contributed by atoms with Gasteiger partial charge >= 0.3 is 12.0 Å². The minimum atomic E-state index is -0.947. The fourth-order valence-electron chi connectivity index (χ4n) is 3.98. The summed E-state index contributed by atoms with van der Waals surface area (Å²) in [4.78, 5) is 23.4. The van der Waals surface area contributed by atoms with Crippen LogP contribution in [0.5, 0.6) is 5.75 Å². The molecule has 4 rings (SSSR count). The Morgan fingerprint density at radius 2 is 1.83 bits per heavy atom. The van der Waals surface area contributed by atoms with Gasteiger partial charge in [-0.25, -0.2) is 4.79 Å². The summed E-state index contributed by atoms with van der Waals surface area (Å²) in [5.41, 5.74) is 2.16. The summed E-state index contributed by atoms with van der Waals surface area (Å²) >= 11 is 0. The minimum Gasteiger partial charge on any atom is -0.487 e. The Balaban J connectivity index is 1.50. The first-order valence-corrected chi connectivity index (χ1v) is 9.45. The van der Waals surface area contributed by atoms with Crippen LogP contribution in [-0.2, 0) is 9.53 Å². The second-order valence-corrected chi connectivity index (χ2v) is 7.20. The van der Waals surface area contributed by atoms with Gasteiger partial charge in [0.05, 0.1) is 19.1 Å². The van der Waals surface area contributed by atoms with E-state index in [0.29, 0.717) is 23.5 Å². The number of carboxylic acids is 1. The van der Waals surface area contributed by atoms with Crippen molar-refractivity contribution in [3.05, 3.63) is 54.1 Å². The number of urea groups is 1. The monoisotopic (exact) mass is 398 g/mol. The van der Waals surface area contributed by atoms with Crippen LogP contribution in [0.15, 0.2) is 48.5 Å². The Morgan fingerprint density at radius 1 is 1.07 bits per heavy atom. The van der Waals surface area contributed by atoms with E-state index in [2.05, 4.69) is 10.6 Å². The van der Waals surface area contributed by atoms with Crippen LogP contribution >= 0.6 is 0 Å². The molecule has 1 saturated heterocycles. The number of aliphatic hydroxyl groups is 1. The fourth-order valence-corrected chi connectivity index (χ4v) is 3.98. The number of aliphatic hydroxyl groups excluding tert-OH is 1. The van der Waals surface area contributed by atoms with Crippen LogP contribution in [0.2, 0.25) is 0 Å². The van der Waals surface area contributed by atoms with Crippen LogP contribution in [-0.4, -0.2) is 47.1 Å². The normalized spacial score (nSPS) is 24.7. The van der Waals surface area contributed by atoms with Crippen LogP contribution in [0.3, 0.4) is 0 Å². The van der Waals surface area contributed by atoms with Crippen LogP contribution in [0.1, 0.15) is 24.3 Å². The van der Waals surface area contributed by atoms with E-state index in [9.17, 15) is 14.7 Å². The lowest BCUT2D eigenvalue weighted by atomic mass is 9.84. The van der Waals surface area contributed by atoms with Gasteiger partial charge in [-0.15, -0.1) is 0 Å². The molecule has 2 aliphatic heterocycles. The van der Waals surface area contributed by atoms with Crippen molar-refractivity contribution in [1.29, 1.82) is 0 Å². The standard InChI is InChI=1S/C21H22N2O6/c24-11-18-20-16(9-14(28-18)10-19(25)26)15-8-13(6-7-17(15)29-20)23-21(27)22-12-4-2-1-3-5-12/h1-8,14,16,18,20,24H,9-11H2,(H,25,26)(H2,22,23,27)/t14-,16+,18-,20-/m1/s1. The van der Waals surface area contributed by atoms with Crippen molar-refractivity contribution >= 4 is 23.4 Å². The van der Waals surface area contributed by atoms with Crippen molar-refractivity contribution in [3.63, 3.8) is 0 Å². The number of carbonyl (C=O) groups is 2. The van der Waals surface area contributed by atoms with E-state index in [1.807, 2.05) is 24.3 Å². The number of para-hydroxylation sites is 1. The number of benzene rings is 2. The number of rotatable bonds is 5. The van der Waals surface area contributed by atoms with Crippen molar-refractivity contribution < 1.29 is 29.3 Å². The molecule has 0 saturated carbocycles. The predicted octanol–water partition coefficient (Wildman–Crippen LogP) is 2.80. The number of carboxylic acid groups (broad SMARTS) is 1. The average Bonchev–Trinajstić information content (AvgIpc) is 3.05. The molecule has 2 aliphatic rings. The molecule has 0 aromatic heterocycles. The highest BCUT2D eigenvalue weighted by Crippen LogP contribution is 2.47. The highest BCUT2D eigenvalue weighted by atomic mass is 16.6. The zero-order valence-electron chi connectivity index (χ0n) is 15.6. The Hall–Kier alpha value is -3.10. The van der Waals surface area contributed by atoms with Gasteiger partial charge in [0.1, 0.15) is 18.0 Å². The van der Waals surface area contributed by atoms with E-state index in [0.717, 1.165) is 5.56 Å². The van der Waals surface area contributed by atoms with Crippen LogP contribution < -0.4 is 15.4 Å². The molecule has 2 aromatic carbocycles. The SMILES string of the molecule is O=C(O)C[C@H]1C[C@H]2c3cc(NC(=O)Nc4ccccc4)ccc3O[C@H]2[C@@H](CO)O1. The third-order valence-electron chi connectivity index (χ3n) is 5.19. The van der Waals surface area contributed by atoms with E-state index in [1.165, 1.54) is 0 Å². The highest BCUT2D eigenvalue weighted by Gasteiger charge is 2.46. The van der Waals surface area contributed by atoms with Gasteiger partial charge < -0.3 is 30.3 Å². The summed E-state index contributed by atoms with van der Waals surface area (Å²) in [5, 5.41) is 24.3. The summed E-state index contributed by atoms with van der Waals surface area (Å²) in [6.45, 7) is -0.254. The molecule has 0 unspecified atom stereocenters. The number of nitrogens with one attached hydrogen (secondary N) is 2. The molecule has 4 atom stereocenters. The summed E-state index contributed by atoms with van der Waals surface area (Å²) in [7, 11) is 0. The first kappa shape index (κ1) is 19.2. The van der Waals surface area contributed by atoms with Crippen LogP contribution in [0.25, 0.3) is 0 Å². The molecular formula is C21H22N2O6. The number of carbonyl (C=O) groups excluding carboxylic acids is 1. The zero-order valence-corrected chi connectivity index (χ0v) is 15.6. The molecule has 0 spiro atoms. The molecule has 2 amide bonds. The van der Waals surface area contributed by atoms with Gasteiger partial charge in [0.25, 0.3) is 0 Å². The van der Waals surface area contributed by atoms with Gasteiger partial charge in [0, 0.05) is 22.9 Å². The van der Waals surface area contributed by atoms with E-state index in [-0.39, 0.29) is 31.1 Å². The molecule has 8 heteroatoms. The molecule has 1 fully saturated rings. The molecule has 2 heterocycles. The third kappa shape index (κ3) is 4.18. The fraction of sp³-hybridized carbons (Fsp3) is 0.333. The lowest BCUT2D eigenvalue weighted by Crippen LogP contribution is -2.46. The van der Waals surface area contributed by atoms with E-state index < -0.39 is 18.2 Å². The van der Waals surface area contributed by atoms with Gasteiger partial charge in [0.15, 0.2) is 0 Å². The summed E-state index contributed by atoms with van der Waals surface area (Å²) < 4.78 is 11.7. The Bertz CT molecular complexity index is 903. The van der Waals surface area contributed by atoms with E-state index in [1.54, 1.807) is 24.3 Å². The van der Waals surface area contributed by atoms with E-state index >= 15 is 0 Å². The lowest BCUT2D eigenvalue weighted by Gasteiger charge is -2.36. The van der Waals surface area contributed by atoms with Gasteiger partial charge in [-0.2, -0.15) is 0 Å². The number of anilines is 2. The lowest BCUT2D eigenvalue weighted by molar-refractivity contribution is -0.153. The smallest absolute Gasteiger partial charge is 0.323 e. The van der Waals surface area contributed by atoms with Gasteiger partial charge in [-0.3, -0.25) is 4.79 Å². The first-order valence-electron chi connectivity index (χ1n) is 9.45. The second kappa shape index (κ2) is 8.10. The Kier molecular flexibility index (Phi) is 5.37. The molecule has 152 valence electrons. The molecule has 0 bridgehead atoms. The number of hydrogen-bond acceptors (Lipinski definition) is 5. The Labute approximate surface area is 167 Å². The average molecular weight is 398 g/mol. The summed E-state index contributed by atoms with van der Waals surface area (Å²) in [6, 6.07) is 14.1. The van der Waals surface area contributed by atoms with Crippen molar-refractivity contribution in [3.8, 4) is 5.75 Å². The zero-order chi connectivity index (χ0) is 20.4. The molecule has 0 aliphatic carbocycles.